The van der Waals surface area contributed by atoms with Gasteiger partial charge in [-0.05, 0) is 32.6 Å². The maximum Gasteiger partial charge on any atom is 0.408 e. The van der Waals surface area contributed by atoms with E-state index < -0.39 is 29.7 Å². The molecule has 1 aliphatic carbocycles. The zero-order chi connectivity index (χ0) is 16.8. The molecule has 0 aromatic rings. The predicted molar refractivity (Wildman–Crippen MR) is 78.6 cm³/mol. The van der Waals surface area contributed by atoms with E-state index in [0.717, 1.165) is 19.3 Å². The molecule has 0 aliphatic heterocycles. The van der Waals surface area contributed by atoms with E-state index in [2.05, 4.69) is 5.32 Å². The molecule has 0 radical (unpaired) electrons. The van der Waals surface area contributed by atoms with Crippen molar-refractivity contribution in [1.82, 2.24) is 5.32 Å². The lowest BCUT2D eigenvalue weighted by atomic mass is 9.92. The third kappa shape index (κ3) is 6.78. The Kier molecular flexibility index (Phi) is 6.64. The molecule has 1 saturated carbocycles. The SMILES string of the molecule is CC(C)(CC1CCCC1)OC(=O)N[C@@H](CCC(=O)O)C(=O)O. The summed E-state index contributed by atoms with van der Waals surface area (Å²) in [5.74, 6) is -1.85. The number of hydrogen-bond acceptors (Lipinski definition) is 4. The average molecular weight is 315 g/mol. The summed E-state index contributed by atoms with van der Waals surface area (Å²) in [5, 5.41) is 19.8. The Labute approximate surface area is 130 Å². The van der Waals surface area contributed by atoms with Crippen LogP contribution in [-0.2, 0) is 14.3 Å². The minimum Gasteiger partial charge on any atom is -0.481 e. The van der Waals surface area contributed by atoms with Crippen LogP contribution in [0.15, 0.2) is 0 Å². The van der Waals surface area contributed by atoms with E-state index in [9.17, 15) is 14.4 Å². The number of hydrogen-bond donors (Lipinski definition) is 3. The third-order valence-electron chi connectivity index (χ3n) is 3.86. The minimum atomic E-state index is -1.27. The van der Waals surface area contributed by atoms with Crippen molar-refractivity contribution >= 4 is 18.0 Å². The van der Waals surface area contributed by atoms with E-state index in [4.69, 9.17) is 14.9 Å². The van der Waals surface area contributed by atoms with Gasteiger partial charge in [-0.2, -0.15) is 0 Å². The van der Waals surface area contributed by atoms with Crippen LogP contribution in [0.3, 0.4) is 0 Å². The van der Waals surface area contributed by atoms with Gasteiger partial charge < -0.3 is 20.3 Å². The smallest absolute Gasteiger partial charge is 0.408 e. The van der Waals surface area contributed by atoms with Crippen molar-refractivity contribution in [2.45, 2.75) is 70.4 Å². The van der Waals surface area contributed by atoms with Gasteiger partial charge in [0.05, 0.1) is 0 Å². The summed E-state index contributed by atoms with van der Waals surface area (Å²) >= 11 is 0. The first-order valence-corrected chi connectivity index (χ1v) is 7.64. The van der Waals surface area contributed by atoms with Crippen LogP contribution in [-0.4, -0.2) is 39.9 Å². The number of amides is 1. The van der Waals surface area contributed by atoms with Crippen LogP contribution in [0, 0.1) is 5.92 Å². The van der Waals surface area contributed by atoms with Crippen molar-refractivity contribution in [1.29, 1.82) is 0 Å². The van der Waals surface area contributed by atoms with E-state index in [1.165, 1.54) is 12.8 Å². The molecule has 0 aromatic carbocycles. The van der Waals surface area contributed by atoms with Crippen LogP contribution < -0.4 is 5.32 Å². The summed E-state index contributed by atoms with van der Waals surface area (Å²) in [6, 6.07) is -1.26. The average Bonchev–Trinajstić information content (AvgIpc) is 2.84. The molecule has 0 heterocycles. The molecule has 0 spiro atoms. The van der Waals surface area contributed by atoms with E-state index in [0.29, 0.717) is 5.92 Å². The molecule has 0 bridgehead atoms. The number of aliphatic carboxylic acids is 2. The maximum atomic E-state index is 11.8. The molecule has 1 rings (SSSR count). The lowest BCUT2D eigenvalue weighted by Crippen LogP contribution is -2.44. The highest BCUT2D eigenvalue weighted by Crippen LogP contribution is 2.33. The normalized spacial score (nSPS) is 17.0. The fraction of sp³-hybridized carbons (Fsp3) is 0.800. The molecule has 0 saturated heterocycles. The molecule has 7 heteroatoms. The third-order valence-corrected chi connectivity index (χ3v) is 3.86. The summed E-state index contributed by atoms with van der Waals surface area (Å²) < 4.78 is 5.33. The monoisotopic (exact) mass is 315 g/mol. The summed E-state index contributed by atoms with van der Waals surface area (Å²) in [5.41, 5.74) is -0.672. The zero-order valence-electron chi connectivity index (χ0n) is 13.1. The van der Waals surface area contributed by atoms with Crippen LogP contribution in [0.25, 0.3) is 0 Å². The summed E-state index contributed by atoms with van der Waals surface area (Å²) in [6.45, 7) is 3.61. The predicted octanol–water partition coefficient (Wildman–Crippen LogP) is 2.39. The Morgan fingerprint density at radius 2 is 1.82 bits per heavy atom. The first-order valence-electron chi connectivity index (χ1n) is 7.64. The molecule has 3 N–H and O–H groups in total. The molecule has 1 aliphatic rings. The van der Waals surface area contributed by atoms with Crippen LogP contribution >= 0.6 is 0 Å². The lowest BCUT2D eigenvalue weighted by molar-refractivity contribution is -0.140. The second-order valence-electron chi connectivity index (χ2n) is 6.47. The minimum absolute atomic E-state index is 0.178. The van der Waals surface area contributed by atoms with Gasteiger partial charge in [0.1, 0.15) is 11.6 Å². The van der Waals surface area contributed by atoms with Crippen LogP contribution in [0.1, 0.15) is 58.8 Å². The zero-order valence-corrected chi connectivity index (χ0v) is 13.1. The number of carbonyl (C=O) groups excluding carboxylic acids is 1. The number of rotatable bonds is 8. The van der Waals surface area contributed by atoms with Gasteiger partial charge in [0.25, 0.3) is 0 Å². The van der Waals surface area contributed by atoms with E-state index >= 15 is 0 Å². The number of carboxylic acid groups (broad SMARTS) is 2. The second-order valence-corrected chi connectivity index (χ2v) is 6.47. The summed E-state index contributed by atoms with van der Waals surface area (Å²) in [7, 11) is 0. The molecule has 1 amide bonds. The molecule has 0 unspecified atom stereocenters. The highest BCUT2D eigenvalue weighted by Gasteiger charge is 2.30. The fourth-order valence-corrected chi connectivity index (χ4v) is 2.90. The van der Waals surface area contributed by atoms with Crippen molar-refractivity contribution in [3.8, 4) is 0 Å². The van der Waals surface area contributed by atoms with Crippen molar-refractivity contribution in [2.75, 3.05) is 0 Å². The van der Waals surface area contributed by atoms with Gasteiger partial charge in [-0.15, -0.1) is 0 Å². The highest BCUT2D eigenvalue weighted by atomic mass is 16.6. The van der Waals surface area contributed by atoms with Gasteiger partial charge in [-0.25, -0.2) is 9.59 Å². The van der Waals surface area contributed by atoms with Crippen molar-refractivity contribution in [2.24, 2.45) is 5.92 Å². The first kappa shape index (κ1) is 18.3. The first-order chi connectivity index (χ1) is 10.2. The van der Waals surface area contributed by atoms with E-state index in [1.54, 1.807) is 13.8 Å². The number of carbonyl (C=O) groups is 3. The van der Waals surface area contributed by atoms with Crippen molar-refractivity contribution in [3.05, 3.63) is 0 Å². The standard InChI is InChI=1S/C15H25NO6/c1-15(2,9-10-5-3-4-6-10)22-14(21)16-11(13(19)20)7-8-12(17)18/h10-11H,3-9H2,1-2H3,(H,16,21)(H,17,18)(H,19,20)/t11-/m0/s1. The van der Waals surface area contributed by atoms with Gasteiger partial charge in [0.2, 0.25) is 0 Å². The molecule has 0 aromatic heterocycles. The molecule has 22 heavy (non-hydrogen) atoms. The molecule has 1 atom stereocenters. The molecular weight excluding hydrogens is 290 g/mol. The van der Waals surface area contributed by atoms with Gasteiger partial charge in [-0.3, -0.25) is 4.79 Å². The molecule has 1 fully saturated rings. The Balaban J connectivity index is 2.46. The number of nitrogens with one attached hydrogen (secondary N) is 1. The number of carboxylic acids is 2. The second kappa shape index (κ2) is 8.00. The molecule has 126 valence electrons. The largest absolute Gasteiger partial charge is 0.481 e. The van der Waals surface area contributed by atoms with Crippen molar-refractivity contribution in [3.63, 3.8) is 0 Å². The Morgan fingerprint density at radius 1 is 1.23 bits per heavy atom. The Hall–Kier alpha value is -1.79. The fourth-order valence-electron chi connectivity index (χ4n) is 2.90. The van der Waals surface area contributed by atoms with Gasteiger partial charge in [0.15, 0.2) is 0 Å². The van der Waals surface area contributed by atoms with E-state index in [1.807, 2.05) is 0 Å². The number of ether oxygens (including phenoxy) is 1. The van der Waals surface area contributed by atoms with Gasteiger partial charge in [0, 0.05) is 6.42 Å². The van der Waals surface area contributed by atoms with Crippen LogP contribution in [0.5, 0.6) is 0 Å². The Morgan fingerprint density at radius 3 is 2.32 bits per heavy atom. The van der Waals surface area contributed by atoms with E-state index in [-0.39, 0.29) is 12.8 Å². The summed E-state index contributed by atoms with van der Waals surface area (Å²) in [4.78, 5) is 33.4. The highest BCUT2D eigenvalue weighted by molar-refractivity contribution is 5.80. The van der Waals surface area contributed by atoms with Gasteiger partial charge in [-0.1, -0.05) is 25.7 Å². The van der Waals surface area contributed by atoms with Gasteiger partial charge >= 0.3 is 18.0 Å². The van der Waals surface area contributed by atoms with Crippen LogP contribution in [0.4, 0.5) is 4.79 Å². The summed E-state index contributed by atoms with van der Waals surface area (Å²) in [6.07, 6.45) is 4.07. The molecule has 7 nitrogen and oxygen atoms in total. The maximum absolute atomic E-state index is 11.8. The van der Waals surface area contributed by atoms with Crippen molar-refractivity contribution < 1.29 is 29.3 Å². The topological polar surface area (TPSA) is 113 Å². The Bertz CT molecular complexity index is 414. The quantitative estimate of drug-likeness (QED) is 0.634. The lowest BCUT2D eigenvalue weighted by Gasteiger charge is -2.28. The van der Waals surface area contributed by atoms with Crippen LogP contribution in [0.2, 0.25) is 0 Å². The number of alkyl carbamates (subject to hydrolysis) is 1. The molecular formula is C15H25NO6.